The number of unbranched alkanes of at least 4 members (excludes halogenated alkanes) is 2. The summed E-state index contributed by atoms with van der Waals surface area (Å²) in [5.41, 5.74) is 0. The fourth-order valence-corrected chi connectivity index (χ4v) is 1.25. The minimum absolute atomic E-state index is 0.308. The summed E-state index contributed by atoms with van der Waals surface area (Å²) in [5, 5.41) is 8.59. The van der Waals surface area contributed by atoms with Crippen LogP contribution in [0.2, 0.25) is 0 Å². The number of aliphatic hydroxyl groups excluding tert-OH is 1. The van der Waals surface area contributed by atoms with Gasteiger partial charge in [-0.25, -0.2) is 0 Å². The lowest BCUT2D eigenvalue weighted by atomic mass is 10.2. The second kappa shape index (κ2) is 9.49. The lowest BCUT2D eigenvalue weighted by Crippen LogP contribution is -2.25. The Bertz CT molecular complexity index is 124. The predicted octanol–water partition coefficient (Wildman–Crippen LogP) is 1.82. The molecule has 2 nitrogen and oxygen atoms in total. The highest BCUT2D eigenvalue weighted by Crippen LogP contribution is 1.98. The van der Waals surface area contributed by atoms with Crippen LogP contribution in [0.1, 0.15) is 19.3 Å². The molecule has 2 heteroatoms. The van der Waals surface area contributed by atoms with Gasteiger partial charge in [-0.2, -0.15) is 0 Å². The molecule has 0 aliphatic rings. The Kier molecular flexibility index (Phi) is 9.05. The van der Waals surface area contributed by atoms with Gasteiger partial charge < -0.3 is 5.11 Å². The normalized spacial score (nSPS) is 10.3. The van der Waals surface area contributed by atoms with Crippen LogP contribution < -0.4 is 0 Å². The molecule has 0 aromatic rings. The fraction of sp³-hybridized carbons (Fsp3) is 0.636. The molecule has 0 bridgehead atoms. The van der Waals surface area contributed by atoms with Gasteiger partial charge in [0.15, 0.2) is 0 Å². The van der Waals surface area contributed by atoms with E-state index in [0.29, 0.717) is 6.61 Å². The summed E-state index contributed by atoms with van der Waals surface area (Å²) in [6.07, 6.45) is 6.98. The summed E-state index contributed by atoms with van der Waals surface area (Å²) in [6, 6.07) is 0. The summed E-state index contributed by atoms with van der Waals surface area (Å²) >= 11 is 0. The van der Waals surface area contributed by atoms with Crippen molar-refractivity contribution in [1.82, 2.24) is 4.90 Å². The maximum absolute atomic E-state index is 8.59. The van der Waals surface area contributed by atoms with E-state index in [1.54, 1.807) is 0 Å². The summed E-state index contributed by atoms with van der Waals surface area (Å²) in [7, 11) is 0. The van der Waals surface area contributed by atoms with Gasteiger partial charge in [0.05, 0.1) is 0 Å². The lowest BCUT2D eigenvalue weighted by molar-refractivity contribution is 0.272. The van der Waals surface area contributed by atoms with Crippen LogP contribution in [-0.2, 0) is 0 Å². The van der Waals surface area contributed by atoms with Crippen molar-refractivity contribution in [3.8, 4) is 0 Å². The molecule has 0 spiro atoms. The third-order valence-electron chi connectivity index (χ3n) is 1.91. The van der Waals surface area contributed by atoms with Gasteiger partial charge in [-0.05, 0) is 25.8 Å². The fourth-order valence-electron chi connectivity index (χ4n) is 1.25. The molecule has 13 heavy (non-hydrogen) atoms. The van der Waals surface area contributed by atoms with Gasteiger partial charge in [-0.1, -0.05) is 12.2 Å². The number of aliphatic hydroxyl groups is 1. The van der Waals surface area contributed by atoms with Crippen molar-refractivity contribution < 1.29 is 5.11 Å². The van der Waals surface area contributed by atoms with Crippen molar-refractivity contribution >= 4 is 0 Å². The molecule has 0 saturated carbocycles. The van der Waals surface area contributed by atoms with Crippen molar-refractivity contribution in [2.45, 2.75) is 19.3 Å². The number of nitrogens with zero attached hydrogens (tertiary/aromatic N) is 1. The summed E-state index contributed by atoms with van der Waals surface area (Å²) in [4.78, 5) is 2.29. The molecule has 0 aliphatic heterocycles. The number of rotatable bonds is 9. The molecule has 0 rings (SSSR count). The first-order valence-electron chi connectivity index (χ1n) is 4.90. The summed E-state index contributed by atoms with van der Waals surface area (Å²) < 4.78 is 0. The van der Waals surface area contributed by atoms with Crippen LogP contribution >= 0.6 is 0 Å². The van der Waals surface area contributed by atoms with Crippen molar-refractivity contribution in [2.24, 2.45) is 0 Å². The molecule has 0 heterocycles. The summed E-state index contributed by atoms with van der Waals surface area (Å²) in [6.45, 7) is 10.6. The van der Waals surface area contributed by atoms with E-state index in [-0.39, 0.29) is 0 Å². The maximum Gasteiger partial charge on any atom is 0.0431 e. The summed E-state index contributed by atoms with van der Waals surface area (Å²) in [5.74, 6) is 0. The minimum Gasteiger partial charge on any atom is -0.396 e. The topological polar surface area (TPSA) is 23.5 Å². The molecule has 0 radical (unpaired) electrons. The molecular formula is C11H21NO. The number of hydrogen-bond acceptors (Lipinski definition) is 2. The van der Waals surface area contributed by atoms with Crippen molar-refractivity contribution in [3.05, 3.63) is 25.3 Å². The molecule has 0 amide bonds. The van der Waals surface area contributed by atoms with Crippen molar-refractivity contribution in [1.29, 1.82) is 0 Å². The zero-order valence-corrected chi connectivity index (χ0v) is 8.41. The molecule has 0 unspecified atom stereocenters. The van der Waals surface area contributed by atoms with Gasteiger partial charge in [-0.15, -0.1) is 13.2 Å². The third kappa shape index (κ3) is 7.75. The average Bonchev–Trinajstić information content (AvgIpc) is 2.13. The zero-order chi connectivity index (χ0) is 9.94. The van der Waals surface area contributed by atoms with E-state index in [1.807, 2.05) is 12.2 Å². The van der Waals surface area contributed by atoms with E-state index in [9.17, 15) is 0 Å². The Balaban J connectivity index is 3.43. The lowest BCUT2D eigenvalue weighted by Gasteiger charge is -2.18. The van der Waals surface area contributed by atoms with Crippen molar-refractivity contribution in [2.75, 3.05) is 26.2 Å². The van der Waals surface area contributed by atoms with Gasteiger partial charge in [0.2, 0.25) is 0 Å². The monoisotopic (exact) mass is 183 g/mol. The first kappa shape index (κ1) is 12.4. The van der Waals surface area contributed by atoms with Crippen molar-refractivity contribution in [3.63, 3.8) is 0 Å². The zero-order valence-electron chi connectivity index (χ0n) is 8.41. The Hall–Kier alpha value is -0.600. The molecule has 0 aromatic carbocycles. The van der Waals surface area contributed by atoms with E-state index >= 15 is 0 Å². The average molecular weight is 183 g/mol. The van der Waals surface area contributed by atoms with Gasteiger partial charge in [-0.3, -0.25) is 4.90 Å². The maximum atomic E-state index is 8.59. The van der Waals surface area contributed by atoms with E-state index in [4.69, 9.17) is 5.11 Å². The van der Waals surface area contributed by atoms with Crippen LogP contribution in [0.15, 0.2) is 25.3 Å². The molecule has 76 valence electrons. The van der Waals surface area contributed by atoms with E-state index in [0.717, 1.165) is 38.9 Å². The Morgan fingerprint density at radius 2 is 1.62 bits per heavy atom. The second-order valence-corrected chi connectivity index (χ2v) is 3.12. The van der Waals surface area contributed by atoms with Crippen LogP contribution in [0.4, 0.5) is 0 Å². The van der Waals surface area contributed by atoms with Gasteiger partial charge in [0, 0.05) is 19.7 Å². The van der Waals surface area contributed by atoms with Gasteiger partial charge >= 0.3 is 0 Å². The van der Waals surface area contributed by atoms with Crippen LogP contribution in [0.25, 0.3) is 0 Å². The smallest absolute Gasteiger partial charge is 0.0431 e. The van der Waals surface area contributed by atoms with E-state index < -0.39 is 0 Å². The first-order valence-corrected chi connectivity index (χ1v) is 4.90. The predicted molar refractivity (Wildman–Crippen MR) is 57.8 cm³/mol. The Labute approximate surface area is 81.6 Å². The Morgan fingerprint density at radius 1 is 1.00 bits per heavy atom. The standard InChI is InChI=1S/C11H21NO/c1-3-8-12(9-4-2)10-6-5-7-11-13/h3-4,13H,1-2,5-11H2. The van der Waals surface area contributed by atoms with E-state index in [2.05, 4.69) is 18.1 Å². The third-order valence-corrected chi connectivity index (χ3v) is 1.91. The second-order valence-electron chi connectivity index (χ2n) is 3.12. The Morgan fingerprint density at radius 3 is 2.08 bits per heavy atom. The van der Waals surface area contributed by atoms with Crippen LogP contribution in [0.3, 0.4) is 0 Å². The molecule has 0 saturated heterocycles. The van der Waals surface area contributed by atoms with Crippen LogP contribution in [0.5, 0.6) is 0 Å². The van der Waals surface area contributed by atoms with E-state index in [1.165, 1.54) is 0 Å². The highest BCUT2D eigenvalue weighted by molar-refractivity contribution is 4.79. The van der Waals surface area contributed by atoms with Gasteiger partial charge in [0.25, 0.3) is 0 Å². The molecule has 0 atom stereocenters. The van der Waals surface area contributed by atoms with Crippen LogP contribution in [-0.4, -0.2) is 36.2 Å². The highest BCUT2D eigenvalue weighted by Gasteiger charge is 1.98. The first-order chi connectivity index (χ1) is 6.35. The minimum atomic E-state index is 0.308. The largest absolute Gasteiger partial charge is 0.396 e. The molecule has 1 N–H and O–H groups in total. The highest BCUT2D eigenvalue weighted by atomic mass is 16.2. The van der Waals surface area contributed by atoms with Crippen LogP contribution in [0, 0.1) is 0 Å². The molecule has 0 fully saturated rings. The molecule has 0 aromatic heterocycles. The SMILES string of the molecule is C=CCN(CC=C)CCCCCO. The quantitative estimate of drug-likeness (QED) is 0.435. The van der Waals surface area contributed by atoms with Gasteiger partial charge in [0.1, 0.15) is 0 Å². The number of hydrogen-bond donors (Lipinski definition) is 1. The molecule has 0 aliphatic carbocycles. The molecular weight excluding hydrogens is 162 g/mol.